The molecule has 6 nitrogen and oxygen atoms in total. The molecule has 3 rings (SSSR count). The minimum absolute atomic E-state index is 0.0405. The highest BCUT2D eigenvalue weighted by atomic mass is 35.5. The summed E-state index contributed by atoms with van der Waals surface area (Å²) in [5, 5.41) is 9.43. The van der Waals surface area contributed by atoms with Gasteiger partial charge in [-0.2, -0.15) is 8.42 Å². The van der Waals surface area contributed by atoms with Crippen molar-refractivity contribution in [1.29, 1.82) is 0 Å². The second-order valence-corrected chi connectivity index (χ2v) is 7.03. The monoisotopic (exact) mass is 445 g/mol. The standard InChI is InChI=1S/C18H11ClF3NO5S/c19-17-7-11(8-18(24)23-17)10-5-15(20)14(16(21)6-10)9-27-12-1-3-13(4-2-12)28-29(22,25)26/h1-8H,9H2,(H,23,24). The third-order valence-corrected chi connectivity index (χ3v) is 4.24. The van der Waals surface area contributed by atoms with Gasteiger partial charge in [0.1, 0.15) is 34.9 Å². The number of ether oxygens (including phenoxy) is 1. The van der Waals surface area contributed by atoms with E-state index >= 15 is 0 Å². The zero-order chi connectivity index (χ0) is 21.2. The molecule has 152 valence electrons. The van der Waals surface area contributed by atoms with Gasteiger partial charge in [0.2, 0.25) is 5.88 Å². The molecular formula is C18H11ClF3NO5S. The second-order valence-electron chi connectivity index (χ2n) is 5.69. The maximum atomic E-state index is 14.4. The summed E-state index contributed by atoms with van der Waals surface area (Å²) in [6.45, 7) is -0.470. The van der Waals surface area contributed by atoms with Crippen molar-refractivity contribution >= 4 is 22.1 Å². The highest BCUT2D eigenvalue weighted by Crippen LogP contribution is 2.29. The van der Waals surface area contributed by atoms with Gasteiger partial charge in [-0.3, -0.25) is 0 Å². The van der Waals surface area contributed by atoms with Gasteiger partial charge in [-0.05, 0) is 53.6 Å². The highest BCUT2D eigenvalue weighted by Gasteiger charge is 2.15. The Morgan fingerprint density at radius 1 is 0.966 bits per heavy atom. The van der Waals surface area contributed by atoms with Crippen molar-refractivity contribution in [3.63, 3.8) is 0 Å². The molecule has 0 fully saturated rings. The molecule has 0 unspecified atom stereocenters. The summed E-state index contributed by atoms with van der Waals surface area (Å²) in [5.74, 6) is -2.33. The van der Waals surface area contributed by atoms with Crippen molar-refractivity contribution in [1.82, 2.24) is 4.98 Å². The summed E-state index contributed by atoms with van der Waals surface area (Å²) in [5.41, 5.74) is 0.0493. The zero-order valence-corrected chi connectivity index (χ0v) is 15.8. The fourth-order valence-electron chi connectivity index (χ4n) is 2.42. The highest BCUT2D eigenvalue weighted by molar-refractivity contribution is 7.81. The number of hydrogen-bond acceptors (Lipinski definition) is 6. The van der Waals surface area contributed by atoms with E-state index in [1.165, 1.54) is 24.3 Å². The van der Waals surface area contributed by atoms with E-state index < -0.39 is 34.6 Å². The van der Waals surface area contributed by atoms with Crippen LogP contribution in [0.5, 0.6) is 17.4 Å². The molecular weight excluding hydrogens is 435 g/mol. The predicted molar refractivity (Wildman–Crippen MR) is 97.7 cm³/mol. The molecule has 0 aliphatic rings. The molecule has 0 saturated heterocycles. The van der Waals surface area contributed by atoms with E-state index in [2.05, 4.69) is 9.17 Å². The van der Waals surface area contributed by atoms with Crippen LogP contribution in [-0.4, -0.2) is 18.5 Å². The second kappa shape index (κ2) is 8.18. The molecule has 3 aromatic rings. The molecule has 0 atom stereocenters. The van der Waals surface area contributed by atoms with Crippen LogP contribution < -0.4 is 8.92 Å². The molecule has 0 aliphatic carbocycles. The normalized spacial score (nSPS) is 11.3. The van der Waals surface area contributed by atoms with Crippen LogP contribution in [0.4, 0.5) is 12.7 Å². The Balaban J connectivity index is 1.76. The molecule has 0 spiro atoms. The number of halogens is 4. The van der Waals surface area contributed by atoms with Crippen molar-refractivity contribution in [3.8, 4) is 28.5 Å². The van der Waals surface area contributed by atoms with Gasteiger partial charge in [-0.1, -0.05) is 15.5 Å². The Labute approximate surface area is 168 Å². The lowest BCUT2D eigenvalue weighted by molar-refractivity contribution is 0.292. The van der Waals surface area contributed by atoms with Crippen LogP contribution in [0, 0.1) is 11.6 Å². The molecule has 0 radical (unpaired) electrons. The lowest BCUT2D eigenvalue weighted by Gasteiger charge is -2.11. The largest absolute Gasteiger partial charge is 0.493 e. The van der Waals surface area contributed by atoms with Crippen LogP contribution in [0.15, 0.2) is 48.5 Å². The van der Waals surface area contributed by atoms with Gasteiger partial charge in [0, 0.05) is 6.07 Å². The van der Waals surface area contributed by atoms with Crippen molar-refractivity contribution < 1.29 is 35.1 Å². The van der Waals surface area contributed by atoms with E-state index in [0.29, 0.717) is 0 Å². The molecule has 1 heterocycles. The number of benzene rings is 2. The Morgan fingerprint density at radius 3 is 2.07 bits per heavy atom. The minimum Gasteiger partial charge on any atom is -0.493 e. The van der Waals surface area contributed by atoms with Gasteiger partial charge in [0.05, 0.1) is 5.56 Å². The van der Waals surface area contributed by atoms with E-state index in [0.717, 1.165) is 24.3 Å². The Kier molecular flexibility index (Phi) is 5.85. The molecule has 1 N–H and O–H groups in total. The smallest absolute Gasteiger partial charge is 0.488 e. The third-order valence-electron chi connectivity index (χ3n) is 3.66. The zero-order valence-electron chi connectivity index (χ0n) is 14.3. The van der Waals surface area contributed by atoms with Crippen molar-refractivity contribution in [2.75, 3.05) is 0 Å². The maximum Gasteiger partial charge on any atom is 0.488 e. The summed E-state index contributed by atoms with van der Waals surface area (Å²) in [6, 6.07) is 9.36. The van der Waals surface area contributed by atoms with Crippen LogP contribution in [0.2, 0.25) is 5.15 Å². The first kappa shape index (κ1) is 20.7. The quantitative estimate of drug-likeness (QED) is 0.442. The first-order chi connectivity index (χ1) is 13.6. The summed E-state index contributed by atoms with van der Waals surface area (Å²) >= 11 is 5.73. The number of aromatic hydroxyl groups is 1. The number of nitrogens with zero attached hydrogens (tertiary/aromatic N) is 1. The van der Waals surface area contributed by atoms with Crippen LogP contribution >= 0.6 is 11.6 Å². The third kappa shape index (κ3) is 5.52. The summed E-state index contributed by atoms with van der Waals surface area (Å²) in [4.78, 5) is 3.56. The van der Waals surface area contributed by atoms with Crippen LogP contribution in [0.3, 0.4) is 0 Å². The fourth-order valence-corrected chi connectivity index (χ4v) is 2.96. The van der Waals surface area contributed by atoms with Gasteiger partial charge in [-0.25, -0.2) is 13.8 Å². The molecule has 2 aromatic carbocycles. The summed E-state index contributed by atoms with van der Waals surface area (Å²) in [7, 11) is -5.16. The Hall–Kier alpha value is -2.98. The van der Waals surface area contributed by atoms with E-state index in [1.54, 1.807) is 0 Å². The van der Waals surface area contributed by atoms with Gasteiger partial charge >= 0.3 is 10.5 Å². The number of aromatic nitrogens is 1. The van der Waals surface area contributed by atoms with Crippen molar-refractivity contribution in [2.45, 2.75) is 6.61 Å². The van der Waals surface area contributed by atoms with Gasteiger partial charge < -0.3 is 14.0 Å². The number of pyridine rings is 1. The van der Waals surface area contributed by atoms with Gasteiger partial charge in [-0.15, -0.1) is 0 Å². The lowest BCUT2D eigenvalue weighted by Crippen LogP contribution is -2.03. The summed E-state index contributed by atoms with van der Waals surface area (Å²) in [6.07, 6.45) is 0. The minimum atomic E-state index is -5.16. The SMILES string of the molecule is O=S(=O)(F)Oc1ccc(OCc2c(F)cc(-c3cc(O)nc(Cl)c3)cc2F)cc1. The fraction of sp³-hybridized carbons (Fsp3) is 0.0556. The van der Waals surface area contributed by atoms with E-state index in [1.807, 2.05) is 0 Å². The molecule has 1 aromatic heterocycles. The maximum absolute atomic E-state index is 14.4. The average molecular weight is 446 g/mol. The van der Waals surface area contributed by atoms with Gasteiger partial charge in [0.25, 0.3) is 0 Å². The Morgan fingerprint density at radius 2 is 1.52 bits per heavy atom. The number of hydrogen-bond donors (Lipinski definition) is 1. The van der Waals surface area contributed by atoms with Crippen LogP contribution in [0.25, 0.3) is 11.1 Å². The molecule has 0 saturated carbocycles. The van der Waals surface area contributed by atoms with Crippen molar-refractivity contribution in [2.24, 2.45) is 0 Å². The van der Waals surface area contributed by atoms with Crippen LogP contribution in [-0.2, 0) is 17.1 Å². The van der Waals surface area contributed by atoms with Crippen molar-refractivity contribution in [3.05, 3.63) is 70.9 Å². The van der Waals surface area contributed by atoms with E-state index in [-0.39, 0.29) is 33.3 Å². The molecule has 0 aliphatic heterocycles. The first-order valence-electron chi connectivity index (χ1n) is 7.82. The summed E-state index contributed by atoms with van der Waals surface area (Å²) < 4.78 is 71.3. The molecule has 0 bridgehead atoms. The van der Waals surface area contributed by atoms with Gasteiger partial charge in [0.15, 0.2) is 0 Å². The topological polar surface area (TPSA) is 85.7 Å². The number of rotatable bonds is 6. The van der Waals surface area contributed by atoms with E-state index in [4.69, 9.17) is 16.3 Å². The average Bonchev–Trinajstić information content (AvgIpc) is 2.60. The lowest BCUT2D eigenvalue weighted by atomic mass is 10.0. The molecule has 29 heavy (non-hydrogen) atoms. The molecule has 0 amide bonds. The first-order valence-corrected chi connectivity index (χ1v) is 9.51. The van der Waals surface area contributed by atoms with Crippen LogP contribution in [0.1, 0.15) is 5.56 Å². The predicted octanol–water partition coefficient (Wildman–Crippen LogP) is 4.56. The Bertz CT molecular complexity index is 1110. The molecule has 11 heteroatoms. The van der Waals surface area contributed by atoms with E-state index in [9.17, 15) is 26.2 Å².